The van der Waals surface area contributed by atoms with Crippen LogP contribution in [0.3, 0.4) is 0 Å². The summed E-state index contributed by atoms with van der Waals surface area (Å²) in [6, 6.07) is 71.9. The highest BCUT2D eigenvalue weighted by atomic mass is 16.5. The molecular weight excluding hydrogens is 697 g/mol. The summed E-state index contributed by atoms with van der Waals surface area (Å²) in [6.07, 6.45) is 0. The maximum Gasteiger partial charge on any atom is 0.223 e. The highest BCUT2D eigenvalue weighted by molar-refractivity contribution is 6.24. The Bertz CT molecular complexity index is 3170. The third-order valence-electron chi connectivity index (χ3n) is 10.8. The van der Waals surface area contributed by atoms with Crippen molar-refractivity contribution in [1.29, 1.82) is 0 Å². The lowest BCUT2D eigenvalue weighted by molar-refractivity contribution is 0.462. The molecule has 0 aliphatic heterocycles. The van der Waals surface area contributed by atoms with Crippen molar-refractivity contribution in [3.8, 4) is 56.8 Å². The highest BCUT2D eigenvalue weighted by Gasteiger charge is 2.22. The summed E-state index contributed by atoms with van der Waals surface area (Å²) >= 11 is 0. The summed E-state index contributed by atoms with van der Waals surface area (Å²) < 4.78 is 11.4. The molecule has 8 aromatic carbocycles. The zero-order valence-corrected chi connectivity index (χ0v) is 30.8. The largest absolute Gasteiger partial charge is 0.439 e. The van der Waals surface area contributed by atoms with Crippen molar-refractivity contribution in [3.05, 3.63) is 206 Å². The van der Waals surface area contributed by atoms with Crippen LogP contribution in [0.2, 0.25) is 0 Å². The van der Waals surface area contributed by atoms with E-state index >= 15 is 0 Å². The van der Waals surface area contributed by atoms with Crippen LogP contribution in [-0.4, -0.2) is 19.1 Å². The van der Waals surface area contributed by atoms with Crippen molar-refractivity contribution in [2.45, 2.75) is 0 Å². The molecular formula is C52H34N4O. The Balaban J connectivity index is 1.10. The standard InChI is InChI=1S/C52H34N4O/c1-5-15-35(16-6-1)38-25-32-48-45(33-38)44-31-30-43-42-23-13-14-24-47(42)55(39-21-11-4-12-22-39)50(43)51(44)56(48)40-26-28-41(29-27-40)57-49-34-46(36-17-7-2-8-18-36)53-52(54-49)37-19-9-3-10-20-37/h1-34H. The van der Waals surface area contributed by atoms with Gasteiger partial charge in [0.15, 0.2) is 5.82 Å². The van der Waals surface area contributed by atoms with Gasteiger partial charge in [-0.25, -0.2) is 4.98 Å². The van der Waals surface area contributed by atoms with Gasteiger partial charge in [0.1, 0.15) is 5.75 Å². The Morgan fingerprint density at radius 2 is 0.895 bits per heavy atom. The Kier molecular flexibility index (Phi) is 7.74. The summed E-state index contributed by atoms with van der Waals surface area (Å²) in [5, 5.41) is 4.82. The number of hydrogen-bond donors (Lipinski definition) is 0. The van der Waals surface area contributed by atoms with Crippen LogP contribution in [0, 0.1) is 0 Å². The predicted molar refractivity (Wildman–Crippen MR) is 234 cm³/mol. The average molecular weight is 731 g/mol. The smallest absolute Gasteiger partial charge is 0.223 e. The van der Waals surface area contributed by atoms with E-state index in [0.717, 1.165) is 39.2 Å². The number of ether oxygens (including phenoxy) is 1. The predicted octanol–water partition coefficient (Wildman–Crippen LogP) is 13.5. The van der Waals surface area contributed by atoms with Crippen LogP contribution in [0.5, 0.6) is 11.6 Å². The number of para-hydroxylation sites is 2. The van der Waals surface area contributed by atoms with E-state index in [1.807, 2.05) is 66.7 Å². The molecule has 5 nitrogen and oxygen atoms in total. The Morgan fingerprint density at radius 3 is 1.58 bits per heavy atom. The average Bonchev–Trinajstić information content (AvgIpc) is 3.80. The van der Waals surface area contributed by atoms with Crippen LogP contribution in [0.25, 0.3) is 88.8 Å². The first kappa shape index (κ1) is 32.7. The molecule has 11 rings (SSSR count). The molecule has 0 atom stereocenters. The molecule has 0 aliphatic rings. The van der Waals surface area contributed by atoms with E-state index in [2.05, 4.69) is 149 Å². The van der Waals surface area contributed by atoms with E-state index in [0.29, 0.717) is 17.5 Å². The SMILES string of the molecule is c1ccc(-c2ccc3c(c2)c2ccc4c5ccccc5n(-c5ccccc5)c4c2n3-c2ccc(Oc3cc(-c4ccccc4)nc(-c4ccccc4)n3)cc2)cc1. The van der Waals surface area contributed by atoms with Gasteiger partial charge in [0.25, 0.3) is 0 Å². The summed E-state index contributed by atoms with van der Waals surface area (Å²) in [6.45, 7) is 0. The minimum atomic E-state index is 0.481. The van der Waals surface area contributed by atoms with Crippen LogP contribution in [0.4, 0.5) is 0 Å². The molecule has 3 aromatic heterocycles. The van der Waals surface area contributed by atoms with Gasteiger partial charge in [-0.05, 0) is 65.7 Å². The summed E-state index contributed by atoms with van der Waals surface area (Å²) in [4.78, 5) is 9.78. The lowest BCUT2D eigenvalue weighted by Crippen LogP contribution is -1.99. The van der Waals surface area contributed by atoms with E-state index in [-0.39, 0.29) is 0 Å². The maximum atomic E-state index is 6.54. The van der Waals surface area contributed by atoms with Gasteiger partial charge in [0, 0.05) is 50.1 Å². The second kappa shape index (κ2) is 13.5. The van der Waals surface area contributed by atoms with Gasteiger partial charge in [0.2, 0.25) is 5.88 Å². The van der Waals surface area contributed by atoms with Crippen LogP contribution < -0.4 is 4.74 Å². The van der Waals surface area contributed by atoms with Gasteiger partial charge in [-0.3, -0.25) is 0 Å². The van der Waals surface area contributed by atoms with E-state index in [9.17, 15) is 0 Å². The first-order valence-corrected chi connectivity index (χ1v) is 19.2. The molecule has 0 N–H and O–H groups in total. The quantitative estimate of drug-likeness (QED) is 0.164. The molecule has 11 aromatic rings. The molecule has 0 saturated carbocycles. The third-order valence-corrected chi connectivity index (χ3v) is 10.8. The van der Waals surface area contributed by atoms with Gasteiger partial charge in [0.05, 0.1) is 27.8 Å². The van der Waals surface area contributed by atoms with Crippen LogP contribution >= 0.6 is 0 Å². The van der Waals surface area contributed by atoms with Crippen molar-refractivity contribution in [2.24, 2.45) is 0 Å². The number of fused-ring (bicyclic) bond motifs is 7. The van der Waals surface area contributed by atoms with Crippen molar-refractivity contribution in [3.63, 3.8) is 0 Å². The molecule has 57 heavy (non-hydrogen) atoms. The Hall–Kier alpha value is -7.76. The summed E-state index contributed by atoms with van der Waals surface area (Å²) in [5.41, 5.74) is 11.9. The second-order valence-electron chi connectivity index (χ2n) is 14.2. The van der Waals surface area contributed by atoms with Gasteiger partial charge < -0.3 is 13.9 Å². The first-order valence-electron chi connectivity index (χ1n) is 19.2. The fourth-order valence-corrected chi connectivity index (χ4v) is 8.21. The number of benzene rings is 8. The van der Waals surface area contributed by atoms with Gasteiger partial charge in [-0.2, -0.15) is 4.98 Å². The summed E-state index contributed by atoms with van der Waals surface area (Å²) in [5.74, 6) is 1.78. The molecule has 3 heterocycles. The van der Waals surface area contributed by atoms with Crippen molar-refractivity contribution in [2.75, 3.05) is 0 Å². The zero-order valence-electron chi connectivity index (χ0n) is 30.8. The first-order chi connectivity index (χ1) is 28.3. The van der Waals surface area contributed by atoms with Gasteiger partial charge in [-0.1, -0.05) is 146 Å². The van der Waals surface area contributed by atoms with E-state index in [1.165, 1.54) is 43.7 Å². The fraction of sp³-hybridized carbons (Fsp3) is 0. The van der Waals surface area contributed by atoms with E-state index in [1.54, 1.807) is 0 Å². The van der Waals surface area contributed by atoms with Gasteiger partial charge >= 0.3 is 0 Å². The number of rotatable bonds is 7. The molecule has 5 heteroatoms. The fourth-order valence-electron chi connectivity index (χ4n) is 8.21. The maximum absolute atomic E-state index is 6.54. The highest BCUT2D eigenvalue weighted by Crippen LogP contribution is 2.43. The second-order valence-corrected chi connectivity index (χ2v) is 14.2. The molecule has 0 unspecified atom stereocenters. The van der Waals surface area contributed by atoms with Crippen molar-refractivity contribution >= 4 is 43.6 Å². The normalized spacial score (nSPS) is 11.5. The monoisotopic (exact) mass is 730 g/mol. The molecule has 0 saturated heterocycles. The molecule has 0 amide bonds. The number of aromatic nitrogens is 4. The third kappa shape index (κ3) is 5.64. The number of nitrogens with zero attached hydrogens (tertiary/aromatic N) is 4. The lowest BCUT2D eigenvalue weighted by Gasteiger charge is -2.13. The Morgan fingerprint density at radius 1 is 0.351 bits per heavy atom. The topological polar surface area (TPSA) is 44.9 Å². The van der Waals surface area contributed by atoms with Crippen LogP contribution in [-0.2, 0) is 0 Å². The zero-order chi connectivity index (χ0) is 37.7. The van der Waals surface area contributed by atoms with E-state index < -0.39 is 0 Å². The molecule has 0 aliphatic carbocycles. The lowest BCUT2D eigenvalue weighted by atomic mass is 10.0. The minimum absolute atomic E-state index is 0.481. The molecule has 0 spiro atoms. The molecule has 0 bridgehead atoms. The summed E-state index contributed by atoms with van der Waals surface area (Å²) in [7, 11) is 0. The Labute approximate surface area is 329 Å². The number of hydrogen-bond acceptors (Lipinski definition) is 3. The van der Waals surface area contributed by atoms with Gasteiger partial charge in [-0.15, -0.1) is 0 Å². The molecule has 0 fully saturated rings. The van der Waals surface area contributed by atoms with Crippen LogP contribution in [0.1, 0.15) is 0 Å². The molecule has 0 radical (unpaired) electrons. The van der Waals surface area contributed by atoms with Crippen molar-refractivity contribution < 1.29 is 4.74 Å². The minimum Gasteiger partial charge on any atom is -0.439 e. The van der Waals surface area contributed by atoms with Crippen molar-refractivity contribution in [1.82, 2.24) is 19.1 Å². The van der Waals surface area contributed by atoms with Crippen LogP contribution in [0.15, 0.2) is 206 Å². The van der Waals surface area contributed by atoms with E-state index in [4.69, 9.17) is 14.7 Å². The molecule has 268 valence electrons.